The topological polar surface area (TPSA) is 80.0 Å². The SMILES string of the molecule is Cc1ccc(C2COCCN2C(=O)C2CC2C(=O)O)o1. The fraction of sp³-hybridized carbons (Fsp3) is 0.571. The van der Waals surface area contributed by atoms with Crippen LogP contribution in [-0.2, 0) is 14.3 Å². The van der Waals surface area contributed by atoms with Crippen LogP contribution in [0.5, 0.6) is 0 Å². The zero-order chi connectivity index (χ0) is 14.3. The number of carboxylic acids is 1. The van der Waals surface area contributed by atoms with E-state index >= 15 is 0 Å². The van der Waals surface area contributed by atoms with Gasteiger partial charge in [-0.15, -0.1) is 0 Å². The number of carboxylic acid groups (broad SMARTS) is 1. The van der Waals surface area contributed by atoms with Crippen LogP contribution in [0, 0.1) is 18.8 Å². The Balaban J connectivity index is 1.76. The van der Waals surface area contributed by atoms with Crippen molar-refractivity contribution in [2.75, 3.05) is 19.8 Å². The molecular formula is C14H17NO5. The average molecular weight is 279 g/mol. The highest BCUT2D eigenvalue weighted by Crippen LogP contribution is 2.42. The van der Waals surface area contributed by atoms with Crippen molar-refractivity contribution in [2.24, 2.45) is 11.8 Å². The number of aliphatic carboxylic acids is 1. The van der Waals surface area contributed by atoms with Gasteiger partial charge in [-0.25, -0.2) is 0 Å². The maximum atomic E-state index is 12.4. The Kier molecular flexibility index (Phi) is 3.25. The number of rotatable bonds is 3. The van der Waals surface area contributed by atoms with Crippen LogP contribution in [0.25, 0.3) is 0 Å². The number of morpholine rings is 1. The summed E-state index contributed by atoms with van der Waals surface area (Å²) in [6, 6.07) is 3.44. The molecular weight excluding hydrogens is 262 g/mol. The second kappa shape index (κ2) is 4.94. The molecule has 1 aliphatic heterocycles. The summed E-state index contributed by atoms with van der Waals surface area (Å²) < 4.78 is 11.0. The first-order valence-electron chi connectivity index (χ1n) is 6.75. The van der Waals surface area contributed by atoms with Crippen molar-refractivity contribution in [1.29, 1.82) is 0 Å². The molecule has 1 amide bonds. The predicted molar refractivity (Wildman–Crippen MR) is 68.0 cm³/mol. The lowest BCUT2D eigenvalue weighted by Gasteiger charge is -2.34. The van der Waals surface area contributed by atoms with Crippen LogP contribution in [0.1, 0.15) is 24.0 Å². The van der Waals surface area contributed by atoms with Gasteiger partial charge in [-0.1, -0.05) is 0 Å². The first-order chi connectivity index (χ1) is 9.58. The van der Waals surface area contributed by atoms with Crippen LogP contribution in [0.2, 0.25) is 0 Å². The van der Waals surface area contributed by atoms with Crippen LogP contribution < -0.4 is 0 Å². The minimum atomic E-state index is -0.887. The third kappa shape index (κ3) is 2.31. The Morgan fingerprint density at radius 3 is 2.75 bits per heavy atom. The standard InChI is InChI=1S/C14H17NO5/c1-8-2-3-12(20-8)11-7-19-5-4-15(11)13(16)9-6-10(9)14(17)18/h2-3,9-11H,4-7H2,1H3,(H,17,18). The molecule has 0 bridgehead atoms. The molecule has 0 radical (unpaired) electrons. The number of furan rings is 1. The van der Waals surface area contributed by atoms with Crippen molar-refractivity contribution >= 4 is 11.9 Å². The van der Waals surface area contributed by atoms with E-state index in [9.17, 15) is 9.59 Å². The van der Waals surface area contributed by atoms with Gasteiger partial charge in [-0.3, -0.25) is 9.59 Å². The maximum absolute atomic E-state index is 12.4. The average Bonchev–Trinajstić information content (AvgIpc) is 3.14. The Morgan fingerprint density at radius 1 is 1.35 bits per heavy atom. The molecule has 6 nitrogen and oxygen atoms in total. The molecule has 2 heterocycles. The van der Waals surface area contributed by atoms with Gasteiger partial charge < -0.3 is 19.2 Å². The summed E-state index contributed by atoms with van der Waals surface area (Å²) in [7, 11) is 0. The molecule has 108 valence electrons. The molecule has 3 atom stereocenters. The minimum Gasteiger partial charge on any atom is -0.481 e. The predicted octanol–water partition coefficient (Wildman–Crippen LogP) is 1.21. The Bertz CT molecular complexity index is 537. The lowest BCUT2D eigenvalue weighted by molar-refractivity contribution is -0.146. The molecule has 0 spiro atoms. The summed E-state index contributed by atoms with van der Waals surface area (Å²) in [5.41, 5.74) is 0. The number of aryl methyl sites for hydroxylation is 1. The Hall–Kier alpha value is -1.82. The highest BCUT2D eigenvalue weighted by Gasteiger charge is 2.51. The van der Waals surface area contributed by atoms with Gasteiger partial charge in [0.25, 0.3) is 0 Å². The molecule has 1 aromatic rings. The largest absolute Gasteiger partial charge is 0.481 e. The second-order valence-corrected chi connectivity index (χ2v) is 5.36. The molecule has 1 N–H and O–H groups in total. The number of ether oxygens (including phenoxy) is 1. The van der Waals surface area contributed by atoms with Crippen LogP contribution in [-0.4, -0.2) is 41.6 Å². The van der Waals surface area contributed by atoms with Crippen LogP contribution >= 0.6 is 0 Å². The smallest absolute Gasteiger partial charge is 0.307 e. The number of amides is 1. The highest BCUT2D eigenvalue weighted by molar-refractivity contribution is 5.89. The third-order valence-electron chi connectivity index (χ3n) is 3.93. The van der Waals surface area contributed by atoms with E-state index in [0.29, 0.717) is 31.9 Å². The highest BCUT2D eigenvalue weighted by atomic mass is 16.5. The van der Waals surface area contributed by atoms with E-state index < -0.39 is 11.9 Å². The van der Waals surface area contributed by atoms with E-state index in [4.69, 9.17) is 14.3 Å². The first kappa shape index (κ1) is 13.2. The molecule has 1 aliphatic carbocycles. The van der Waals surface area contributed by atoms with Crippen molar-refractivity contribution < 1.29 is 23.8 Å². The normalized spacial score (nSPS) is 29.2. The zero-order valence-corrected chi connectivity index (χ0v) is 11.2. The number of carbonyl (C=O) groups is 2. The zero-order valence-electron chi connectivity index (χ0n) is 11.2. The van der Waals surface area contributed by atoms with Gasteiger partial charge in [0.05, 0.1) is 25.0 Å². The number of hydrogen-bond donors (Lipinski definition) is 1. The van der Waals surface area contributed by atoms with Crippen LogP contribution in [0.15, 0.2) is 16.5 Å². The monoisotopic (exact) mass is 279 g/mol. The van der Waals surface area contributed by atoms with E-state index in [1.807, 2.05) is 19.1 Å². The lowest BCUT2D eigenvalue weighted by atomic mass is 10.1. The fourth-order valence-electron chi connectivity index (χ4n) is 2.69. The Labute approximate surface area is 116 Å². The minimum absolute atomic E-state index is 0.0975. The van der Waals surface area contributed by atoms with Crippen molar-refractivity contribution in [3.63, 3.8) is 0 Å². The second-order valence-electron chi connectivity index (χ2n) is 5.36. The quantitative estimate of drug-likeness (QED) is 0.899. The summed E-state index contributed by atoms with van der Waals surface area (Å²) in [5.74, 6) is -0.411. The first-order valence-corrected chi connectivity index (χ1v) is 6.75. The van der Waals surface area contributed by atoms with E-state index in [-0.39, 0.29) is 17.9 Å². The molecule has 20 heavy (non-hydrogen) atoms. The molecule has 1 saturated heterocycles. The summed E-state index contributed by atoms with van der Waals surface area (Å²) in [6.45, 7) is 3.20. The van der Waals surface area contributed by atoms with Crippen molar-refractivity contribution in [3.8, 4) is 0 Å². The molecule has 3 rings (SSSR count). The van der Waals surface area contributed by atoms with Crippen LogP contribution in [0.4, 0.5) is 0 Å². The van der Waals surface area contributed by atoms with Gasteiger partial charge in [0.2, 0.25) is 5.91 Å². The number of carbonyl (C=O) groups excluding carboxylic acids is 1. The van der Waals surface area contributed by atoms with Gasteiger partial charge in [0.15, 0.2) is 0 Å². The van der Waals surface area contributed by atoms with Gasteiger partial charge in [-0.05, 0) is 25.5 Å². The fourth-order valence-corrected chi connectivity index (χ4v) is 2.69. The molecule has 3 unspecified atom stereocenters. The molecule has 6 heteroatoms. The van der Waals surface area contributed by atoms with E-state index in [1.54, 1.807) is 4.90 Å². The van der Waals surface area contributed by atoms with E-state index in [1.165, 1.54) is 0 Å². The summed E-state index contributed by atoms with van der Waals surface area (Å²) in [4.78, 5) is 25.0. The maximum Gasteiger partial charge on any atom is 0.307 e. The third-order valence-corrected chi connectivity index (χ3v) is 3.93. The van der Waals surface area contributed by atoms with E-state index in [0.717, 1.165) is 5.76 Å². The van der Waals surface area contributed by atoms with Gasteiger partial charge in [-0.2, -0.15) is 0 Å². The van der Waals surface area contributed by atoms with Gasteiger partial charge in [0.1, 0.15) is 17.6 Å². The Morgan fingerprint density at radius 2 is 2.15 bits per heavy atom. The van der Waals surface area contributed by atoms with E-state index in [2.05, 4.69) is 0 Å². The van der Waals surface area contributed by atoms with Crippen molar-refractivity contribution in [3.05, 3.63) is 23.7 Å². The molecule has 2 fully saturated rings. The van der Waals surface area contributed by atoms with Gasteiger partial charge >= 0.3 is 5.97 Å². The summed E-state index contributed by atoms with van der Waals surface area (Å²) in [5, 5.41) is 8.94. The number of hydrogen-bond acceptors (Lipinski definition) is 4. The summed E-state index contributed by atoms with van der Waals surface area (Å²) >= 11 is 0. The number of nitrogens with zero attached hydrogens (tertiary/aromatic N) is 1. The van der Waals surface area contributed by atoms with Crippen molar-refractivity contribution in [2.45, 2.75) is 19.4 Å². The molecule has 0 aromatic carbocycles. The van der Waals surface area contributed by atoms with Crippen molar-refractivity contribution in [1.82, 2.24) is 4.90 Å². The lowest BCUT2D eigenvalue weighted by Crippen LogP contribution is -2.44. The van der Waals surface area contributed by atoms with Gasteiger partial charge in [0, 0.05) is 6.54 Å². The molecule has 2 aliphatic rings. The molecule has 1 saturated carbocycles. The van der Waals surface area contributed by atoms with Crippen LogP contribution in [0.3, 0.4) is 0 Å². The summed E-state index contributed by atoms with van der Waals surface area (Å²) in [6.07, 6.45) is 0.440. The molecule has 1 aromatic heterocycles.